The van der Waals surface area contributed by atoms with Crippen molar-refractivity contribution in [2.75, 3.05) is 153 Å². The molecular formula is C93H118N40O6S2. The number of hydrazone groups is 1. The van der Waals surface area contributed by atoms with Crippen LogP contribution in [0.5, 0.6) is 0 Å². The summed E-state index contributed by atoms with van der Waals surface area (Å²) in [6.07, 6.45) is 31.6. The molecule has 5 aliphatic carbocycles. The molecule has 14 aromatic heterocycles. The number of anilines is 9. The van der Waals surface area contributed by atoms with Crippen molar-refractivity contribution in [1.29, 1.82) is 0 Å². The quantitative estimate of drug-likeness (QED) is 0.0453. The normalized spacial score (nSPS) is 24.4. The van der Waals surface area contributed by atoms with Gasteiger partial charge < -0.3 is 78.4 Å². The number of hydrogen-bond acceptors (Lipinski definition) is 32. The third kappa shape index (κ3) is 19.5. The number of carbonyl (C=O) groups excluding carboxylic acids is 5. The van der Waals surface area contributed by atoms with Crippen LogP contribution in [0.15, 0.2) is 127 Å². The Morgan fingerprint density at radius 1 is 0.411 bits per heavy atom. The van der Waals surface area contributed by atoms with Crippen molar-refractivity contribution < 1.29 is 28.5 Å². The van der Waals surface area contributed by atoms with Gasteiger partial charge in [-0.05, 0) is 199 Å². The second kappa shape index (κ2) is 39.5. The van der Waals surface area contributed by atoms with Gasteiger partial charge in [-0.1, -0.05) is 5.16 Å². The third-order valence-electron chi connectivity index (χ3n) is 30.6. The number of aromatic nitrogens is 21. The lowest BCUT2D eigenvalue weighted by atomic mass is 10.0. The number of H-pyrrole nitrogens is 5. The van der Waals surface area contributed by atoms with Gasteiger partial charge in [0.25, 0.3) is 0 Å². The fraction of sp³-hybridized carbons (Fsp3) is 0.495. The lowest BCUT2D eigenvalue weighted by Gasteiger charge is -2.28. The zero-order valence-electron chi connectivity index (χ0n) is 80.3. The summed E-state index contributed by atoms with van der Waals surface area (Å²) in [6, 6.07) is 15.6. The predicted octanol–water partition coefficient (Wildman–Crippen LogP) is 10.7. The molecule has 0 spiro atoms. The van der Waals surface area contributed by atoms with Crippen LogP contribution in [-0.2, 0) is 7.05 Å². The van der Waals surface area contributed by atoms with Crippen LogP contribution in [-0.4, -0.2) is 307 Å². The van der Waals surface area contributed by atoms with E-state index in [4.69, 9.17) is 4.52 Å². The van der Waals surface area contributed by atoms with Gasteiger partial charge in [-0.3, -0.25) is 36.7 Å². The van der Waals surface area contributed by atoms with Crippen LogP contribution in [0.2, 0.25) is 0 Å². The second-order valence-electron chi connectivity index (χ2n) is 39.2. The number of guanidine groups is 1. The Bertz CT molecular complexity index is 6140. The van der Waals surface area contributed by atoms with E-state index in [2.05, 4.69) is 202 Å². The van der Waals surface area contributed by atoms with Crippen LogP contribution < -0.4 is 62.0 Å². The molecule has 10 fully saturated rings. The van der Waals surface area contributed by atoms with Crippen molar-refractivity contribution in [3.05, 3.63) is 134 Å². The summed E-state index contributed by atoms with van der Waals surface area (Å²) in [4.78, 5) is 153. The molecular weight excluding hydrogens is 1840 g/mol. The number of urea groups is 5. The van der Waals surface area contributed by atoms with Crippen molar-refractivity contribution in [1.82, 2.24) is 150 Å². The number of hydrazine groups is 2. The number of carbonyl (C=O) groups is 5. The van der Waals surface area contributed by atoms with E-state index in [-0.39, 0.29) is 30.2 Å². The molecule has 15 atom stereocenters. The first kappa shape index (κ1) is 92.6. The molecule has 5 saturated heterocycles. The number of amides is 10. The Hall–Kier alpha value is -14.7. The van der Waals surface area contributed by atoms with Gasteiger partial charge in [-0.15, -0.1) is 26.7 Å². The average molecular weight is 1960 g/mol. The monoisotopic (exact) mass is 1950 g/mol. The van der Waals surface area contributed by atoms with Gasteiger partial charge in [0.05, 0.1) is 38.3 Å². The maximum Gasteiger partial charge on any atom is 0.324 e. The summed E-state index contributed by atoms with van der Waals surface area (Å²) in [5.41, 5.74) is 11.8. The first-order valence-corrected chi connectivity index (χ1v) is 49.9. The lowest BCUT2D eigenvalue weighted by Crippen LogP contribution is -2.50. The number of fused-ring (bicyclic) bond motifs is 10. The topological polar surface area (TPSA) is 508 Å². The zero-order valence-corrected chi connectivity index (χ0v) is 81.9. The minimum absolute atomic E-state index is 0.00668. The smallest absolute Gasteiger partial charge is 0.324 e. The number of likely N-dealkylation sites (tertiary alicyclic amines) is 5. The number of nitrogens with one attached hydrogen (secondary N) is 12. The van der Waals surface area contributed by atoms with E-state index in [1.54, 1.807) is 67.1 Å². The van der Waals surface area contributed by atoms with Gasteiger partial charge >= 0.3 is 30.2 Å². The highest BCUT2D eigenvalue weighted by Gasteiger charge is 2.50. The molecule has 20 heterocycles. The molecule has 5 saturated carbocycles. The third-order valence-corrected chi connectivity index (χ3v) is 32.2. The van der Waals surface area contributed by atoms with Crippen molar-refractivity contribution in [2.24, 2.45) is 71.3 Å². The van der Waals surface area contributed by atoms with E-state index in [1.165, 1.54) is 22.9 Å². The van der Waals surface area contributed by atoms with Crippen LogP contribution in [0.4, 0.5) is 75.0 Å². The summed E-state index contributed by atoms with van der Waals surface area (Å²) in [6.45, 7) is 16.4. The molecule has 12 N–H and O–H groups in total. The van der Waals surface area contributed by atoms with Crippen molar-refractivity contribution in [3.8, 4) is 0 Å². The molecule has 46 nitrogen and oxygen atoms in total. The molecule has 141 heavy (non-hydrogen) atoms. The molecule has 0 radical (unpaired) electrons. The van der Waals surface area contributed by atoms with Gasteiger partial charge in [0.1, 0.15) is 100 Å². The highest BCUT2D eigenvalue weighted by atomic mass is 32.1. The molecule has 6 aliphatic heterocycles. The molecule has 738 valence electrons. The van der Waals surface area contributed by atoms with Crippen molar-refractivity contribution in [2.45, 2.75) is 122 Å². The lowest BCUT2D eigenvalue weighted by molar-refractivity contribution is 0.188. The molecule has 11 aliphatic rings. The summed E-state index contributed by atoms with van der Waals surface area (Å²) in [7, 11) is 12.3. The van der Waals surface area contributed by atoms with Crippen LogP contribution >= 0.6 is 22.9 Å². The Kier molecular flexibility index (Phi) is 26.0. The molecule has 14 aromatic rings. The molecule has 0 bridgehead atoms. The molecule has 10 amide bonds. The average Bonchev–Trinajstić information content (AvgIpc) is 1.63. The van der Waals surface area contributed by atoms with Crippen molar-refractivity contribution in [3.63, 3.8) is 0 Å². The highest BCUT2D eigenvalue weighted by Crippen LogP contribution is 2.48. The van der Waals surface area contributed by atoms with Gasteiger partial charge in [0, 0.05) is 193 Å². The number of thiazole rings is 1. The number of aromatic amines is 5. The number of hydrogen-bond donors (Lipinski definition) is 12. The Morgan fingerprint density at radius 3 is 1.04 bits per heavy atom. The van der Waals surface area contributed by atoms with Gasteiger partial charge in [-0.25, -0.2) is 89.3 Å². The van der Waals surface area contributed by atoms with E-state index in [1.807, 2.05) is 120 Å². The van der Waals surface area contributed by atoms with E-state index in [9.17, 15) is 24.0 Å². The van der Waals surface area contributed by atoms with Crippen LogP contribution in [0.1, 0.15) is 87.4 Å². The minimum atomic E-state index is -0.115. The number of nitrogens with zero attached hydrogens (tertiary/aromatic N) is 28. The Morgan fingerprint density at radius 2 is 0.745 bits per heavy atom. The maximum absolute atomic E-state index is 12.6. The van der Waals surface area contributed by atoms with Crippen LogP contribution in [0.25, 0.3) is 55.2 Å². The van der Waals surface area contributed by atoms with Gasteiger partial charge in [0.2, 0.25) is 17.8 Å². The number of aryl methyl sites for hydroxylation is 4. The second-order valence-corrected chi connectivity index (χ2v) is 41.3. The maximum atomic E-state index is 12.6. The van der Waals surface area contributed by atoms with Crippen molar-refractivity contribution >= 4 is 165 Å². The van der Waals surface area contributed by atoms with Gasteiger partial charge in [0.15, 0.2) is 5.13 Å². The fourth-order valence-electron chi connectivity index (χ4n) is 23.4. The van der Waals surface area contributed by atoms with Crippen LogP contribution in [0.3, 0.4) is 0 Å². The minimum Gasteiger partial charge on any atom is -0.356 e. The first-order chi connectivity index (χ1) is 68.4. The molecule has 48 heteroatoms. The standard InChI is InChI=1S/C19H23N7O2.2C19H23N7OS.C18H26N10O.C18H23N9O/c1-11-5-16(28-24-11)23-19(27)26-8-12-6-14(7-13(12)9-26)25(2)18-15-3-4-20-17(15)21-10-22-18;1-11-7-21-18(28-11)24-19(27)26-8-12-5-14(6-13(12)9-26)25(2)17-15-3-4-20-16(15)22-10-23-17;1-11-5-16(28-24-11)23-19(27)26-8-12-6-14(7-13(12)9-26)25(2)18-15-3-4-20-17(15)21-10-22-18;1-3-28-24-17(23-25-28)22-18(29)27-8-11-6-13(7-12(11)9-27)26(2)16-14-4-5-19-15(14)20-10-21-16;1-25-10-22-17(24-25)23-18(28)27-7-11-5-13(6-12(11)8-27)26(2)16-14-3-4-19-15(14)20-9-21-16/h3-5,10,12-14H,6-9H2,1-2H3,(H,23,27)(H,20,21,22);3-4,7,10,12-14H,5-6,8-9H2,1-2H3,(H,20,22,23)(H,21,24,27);3-5,10,12-14H,6-9H2,1-2H3,(H,23,27)(H,20,21,22);4-5,10-13,25H,3,6-9H2,1-2H3,(H,19,20,21)(H2,22,23,24,29);3-4,9-13H,5-8H2,1-2H3,(H,19,20,21)(H,23,24,28)/t3*12-,13+,14?;2*11-,12+,13?. The summed E-state index contributed by atoms with van der Waals surface area (Å²) < 4.78 is 10.9. The summed E-state index contributed by atoms with van der Waals surface area (Å²) in [5.74, 6) is 11.3. The molecule has 5 unspecified atom stereocenters. The predicted molar refractivity (Wildman–Crippen MR) is 536 cm³/mol. The Balaban J connectivity index is 0.000000104. The zero-order chi connectivity index (χ0) is 97.0. The summed E-state index contributed by atoms with van der Waals surface area (Å²) >= 11 is 2.84. The van der Waals surface area contributed by atoms with E-state index in [0.29, 0.717) is 112 Å². The largest absolute Gasteiger partial charge is 0.356 e. The first-order valence-electron chi connectivity index (χ1n) is 48.3. The SMILES string of the molecule is CCN1NN=C(NC(=O)N2C[C@H]3CC(N(C)c4ncnc5[nH]ccc45)C[C@H]3C2)N1.CN(c1ncnc2[nH]ccc12)C1C[C@@H]2CN(C(=O)Nc3ncn(C)n3)C[C@@H]2C1.Cc1cc(NC(=O)N2C[C@H]3CC(N(C)c4ncnc5[nH]ccc45)C[C@H]3C2)on1.Cc1cc(NC(=O)N2C[C@H]3CC(N(C)c4ncnc5[nH]ccc45)C[C@H]3C2)sn1.Cc1cnc(NC(=O)N2C[C@H]3CC(N(C)c4ncnc5[nH]ccc45)C[C@H]3C2)s1. The highest BCUT2D eigenvalue weighted by molar-refractivity contribution is 7.15. The fourth-order valence-corrected chi connectivity index (χ4v) is 24.7. The number of rotatable bonds is 15. The van der Waals surface area contributed by atoms with Crippen LogP contribution in [0, 0.1) is 80.0 Å². The Labute approximate surface area is 819 Å². The van der Waals surface area contributed by atoms with E-state index < -0.39 is 0 Å². The van der Waals surface area contributed by atoms with E-state index >= 15 is 0 Å². The molecule has 0 aromatic carbocycles. The summed E-state index contributed by atoms with van der Waals surface area (Å²) in [5, 5.41) is 34.8. The van der Waals surface area contributed by atoms with Gasteiger partial charge in [-0.2, -0.15) is 4.37 Å². The van der Waals surface area contributed by atoms with E-state index in [0.717, 1.165) is 242 Å². The molecule has 25 rings (SSSR count).